The first-order chi connectivity index (χ1) is 20.7. The average Bonchev–Trinajstić information content (AvgIpc) is 2.96. The van der Waals surface area contributed by atoms with Crippen LogP contribution >= 0.6 is 0 Å². The van der Waals surface area contributed by atoms with Crippen molar-refractivity contribution in [3.63, 3.8) is 0 Å². The normalized spacial score (nSPS) is 12.5. The smallest absolute Gasteiger partial charge is 0.227 e. The van der Waals surface area contributed by atoms with Gasteiger partial charge in [0.25, 0.3) is 0 Å². The van der Waals surface area contributed by atoms with E-state index in [9.17, 15) is 23.5 Å². The van der Waals surface area contributed by atoms with Gasteiger partial charge < -0.3 is 20.6 Å². The van der Waals surface area contributed by atoms with Gasteiger partial charge in [-0.1, -0.05) is 51.1 Å². The van der Waals surface area contributed by atoms with Crippen LogP contribution in [-0.4, -0.2) is 58.6 Å². The van der Waals surface area contributed by atoms with Gasteiger partial charge in [-0.15, -0.1) is 0 Å². The quantitative estimate of drug-likeness (QED) is 0.214. The molecule has 3 aromatic rings. The minimum Gasteiger partial charge on any atom is -0.390 e. The van der Waals surface area contributed by atoms with Crippen LogP contribution in [0, 0.1) is 11.6 Å². The number of aryl methyl sites for hydroxylation is 1. The average molecular weight is 595 g/mol. The maximum atomic E-state index is 13.9. The summed E-state index contributed by atoms with van der Waals surface area (Å²) in [7, 11) is 0. The predicted octanol–water partition coefficient (Wildman–Crippen LogP) is 4.53. The Labute approximate surface area is 253 Å². The van der Waals surface area contributed by atoms with E-state index in [2.05, 4.69) is 34.7 Å². The van der Waals surface area contributed by atoms with Crippen LogP contribution in [0.15, 0.2) is 60.9 Å². The highest BCUT2D eigenvalue weighted by Crippen LogP contribution is 2.14. The molecular weight excluding hydrogens is 550 g/mol. The summed E-state index contributed by atoms with van der Waals surface area (Å²) in [5.74, 6) is -1.80. The minimum absolute atomic E-state index is 0.0199. The zero-order valence-electron chi connectivity index (χ0n) is 25.4. The third-order valence-corrected chi connectivity index (χ3v) is 7.18. The van der Waals surface area contributed by atoms with E-state index in [-0.39, 0.29) is 37.6 Å². The Balaban J connectivity index is 1.67. The van der Waals surface area contributed by atoms with Gasteiger partial charge in [-0.3, -0.25) is 14.6 Å². The van der Waals surface area contributed by atoms with Crippen molar-refractivity contribution in [2.45, 2.75) is 78.0 Å². The Morgan fingerprint density at radius 1 is 0.860 bits per heavy atom. The van der Waals surface area contributed by atoms with Crippen LogP contribution in [-0.2, 0) is 41.8 Å². The Morgan fingerprint density at radius 3 is 2.14 bits per heavy atom. The zero-order chi connectivity index (χ0) is 31.2. The second kappa shape index (κ2) is 17.4. The number of aromatic nitrogens is 1. The summed E-state index contributed by atoms with van der Waals surface area (Å²) in [6.07, 6.45) is 5.04. The monoisotopic (exact) mass is 594 g/mol. The van der Waals surface area contributed by atoms with Gasteiger partial charge >= 0.3 is 0 Å². The lowest BCUT2D eigenvalue weighted by atomic mass is 10.00. The highest BCUT2D eigenvalue weighted by molar-refractivity contribution is 5.80. The number of nitrogens with one attached hydrogen (secondary N) is 2. The number of aliphatic hydroxyl groups is 1. The predicted molar refractivity (Wildman–Crippen MR) is 164 cm³/mol. The molecule has 9 heteroatoms. The molecule has 0 radical (unpaired) electrons. The topological polar surface area (TPSA) is 94.6 Å². The van der Waals surface area contributed by atoms with E-state index >= 15 is 0 Å². The van der Waals surface area contributed by atoms with E-state index in [0.717, 1.165) is 36.5 Å². The van der Waals surface area contributed by atoms with Crippen LogP contribution in [0.3, 0.4) is 0 Å². The van der Waals surface area contributed by atoms with Gasteiger partial charge in [0.05, 0.1) is 25.0 Å². The maximum absolute atomic E-state index is 13.9. The molecule has 1 aromatic heterocycles. The molecule has 0 aliphatic rings. The van der Waals surface area contributed by atoms with Crippen molar-refractivity contribution in [2.75, 3.05) is 19.6 Å². The summed E-state index contributed by atoms with van der Waals surface area (Å²) in [5, 5.41) is 17.1. The number of carbonyl (C=O) groups excluding carboxylic acids is 2. The molecule has 0 aliphatic carbocycles. The lowest BCUT2D eigenvalue weighted by molar-refractivity contribution is -0.130. The van der Waals surface area contributed by atoms with E-state index in [1.165, 1.54) is 17.7 Å². The molecule has 0 spiro atoms. The Morgan fingerprint density at radius 2 is 1.49 bits per heavy atom. The van der Waals surface area contributed by atoms with Gasteiger partial charge in [0.15, 0.2) is 0 Å². The Kier molecular flexibility index (Phi) is 13.7. The van der Waals surface area contributed by atoms with Gasteiger partial charge in [-0.25, -0.2) is 8.78 Å². The van der Waals surface area contributed by atoms with Crippen LogP contribution in [0.1, 0.15) is 61.4 Å². The number of pyridine rings is 1. The van der Waals surface area contributed by atoms with Crippen molar-refractivity contribution in [1.29, 1.82) is 0 Å². The number of halogens is 2. The fraction of sp³-hybridized carbons (Fsp3) is 0.441. The highest BCUT2D eigenvalue weighted by atomic mass is 19.1. The maximum Gasteiger partial charge on any atom is 0.227 e. The second-order valence-corrected chi connectivity index (χ2v) is 11.0. The molecular formula is C34H44F2N4O3. The first kappa shape index (κ1) is 33.8. The fourth-order valence-corrected chi connectivity index (χ4v) is 5.10. The molecule has 3 N–H and O–H groups in total. The molecule has 3 rings (SSSR count). The molecule has 1 heterocycles. The number of benzene rings is 2. The zero-order valence-corrected chi connectivity index (χ0v) is 25.4. The lowest BCUT2D eigenvalue weighted by Crippen LogP contribution is -2.49. The third-order valence-electron chi connectivity index (χ3n) is 7.18. The third kappa shape index (κ3) is 11.5. The van der Waals surface area contributed by atoms with E-state index in [0.29, 0.717) is 30.8 Å². The molecule has 2 aromatic carbocycles. The first-order valence-electron chi connectivity index (χ1n) is 15.1. The van der Waals surface area contributed by atoms with Gasteiger partial charge in [0, 0.05) is 44.6 Å². The van der Waals surface area contributed by atoms with Crippen molar-refractivity contribution in [2.24, 2.45) is 0 Å². The van der Waals surface area contributed by atoms with Crippen molar-refractivity contribution < 1.29 is 23.5 Å². The number of rotatable bonds is 17. The van der Waals surface area contributed by atoms with Gasteiger partial charge in [-0.05, 0) is 65.6 Å². The number of aliphatic hydroxyl groups excluding tert-OH is 1. The van der Waals surface area contributed by atoms with Crippen molar-refractivity contribution >= 4 is 11.8 Å². The number of hydrogen-bond acceptors (Lipinski definition) is 5. The summed E-state index contributed by atoms with van der Waals surface area (Å²) in [5.41, 5.74) is 3.94. The largest absolute Gasteiger partial charge is 0.390 e. The minimum atomic E-state index is -1.03. The van der Waals surface area contributed by atoms with E-state index in [1.807, 2.05) is 30.9 Å². The summed E-state index contributed by atoms with van der Waals surface area (Å²) in [4.78, 5) is 32.0. The van der Waals surface area contributed by atoms with Crippen LogP contribution in [0.4, 0.5) is 8.78 Å². The number of amides is 2. The standard InChI is InChI=1S/C34H44F2N4O3/c1-4-10-40(11-5-2)34(43)18-28-13-27(21-37-22-28)17-33(42)39-31(16-26-14-29(35)19-30(36)15-26)32(41)23-38-20-25-9-7-8-24(6-3)12-25/h7-9,12-15,19,21-22,31-32,38,41H,4-6,10-11,16-18,20,23H2,1-3H3,(H,39,42)/t31-,32+/m0/s1. The Bertz CT molecular complexity index is 1310. The van der Waals surface area contributed by atoms with Crippen LogP contribution in [0.5, 0.6) is 0 Å². The number of nitrogens with zero attached hydrogens (tertiary/aromatic N) is 2. The Hall–Kier alpha value is -3.69. The first-order valence-corrected chi connectivity index (χ1v) is 15.1. The summed E-state index contributed by atoms with van der Waals surface area (Å²) >= 11 is 0. The molecule has 2 atom stereocenters. The summed E-state index contributed by atoms with van der Waals surface area (Å²) in [6.45, 7) is 8.22. The van der Waals surface area contributed by atoms with Gasteiger partial charge in [-0.2, -0.15) is 0 Å². The van der Waals surface area contributed by atoms with Crippen LogP contribution < -0.4 is 10.6 Å². The van der Waals surface area contributed by atoms with Crippen molar-refractivity contribution in [3.05, 3.63) is 100 Å². The molecule has 0 bridgehead atoms. The number of hydrogen-bond donors (Lipinski definition) is 3. The molecule has 0 saturated carbocycles. The van der Waals surface area contributed by atoms with Crippen LogP contribution in [0.2, 0.25) is 0 Å². The molecule has 0 unspecified atom stereocenters. The van der Waals surface area contributed by atoms with Crippen molar-refractivity contribution in [3.8, 4) is 0 Å². The molecule has 0 saturated heterocycles. The van der Waals surface area contributed by atoms with E-state index in [1.54, 1.807) is 18.5 Å². The van der Waals surface area contributed by atoms with Gasteiger partial charge in [0.1, 0.15) is 11.6 Å². The molecule has 0 fully saturated rings. The molecule has 7 nitrogen and oxygen atoms in total. The molecule has 232 valence electrons. The number of carbonyl (C=O) groups is 2. The second-order valence-electron chi connectivity index (χ2n) is 11.0. The summed E-state index contributed by atoms with van der Waals surface area (Å²) < 4.78 is 27.8. The lowest BCUT2D eigenvalue weighted by Gasteiger charge is -2.25. The molecule has 2 amide bonds. The highest BCUT2D eigenvalue weighted by Gasteiger charge is 2.23. The fourth-order valence-electron chi connectivity index (χ4n) is 5.10. The van der Waals surface area contributed by atoms with Crippen molar-refractivity contribution in [1.82, 2.24) is 20.5 Å². The summed E-state index contributed by atoms with van der Waals surface area (Å²) in [6, 6.07) is 12.3. The van der Waals surface area contributed by atoms with Crippen LogP contribution in [0.25, 0.3) is 0 Å². The van der Waals surface area contributed by atoms with E-state index in [4.69, 9.17) is 0 Å². The van der Waals surface area contributed by atoms with E-state index < -0.39 is 23.8 Å². The SMILES string of the molecule is CCCN(CCC)C(=O)Cc1cncc(CC(=O)N[C@@H](Cc2cc(F)cc(F)c2)[C@H](O)CNCc2cccc(CC)c2)c1. The molecule has 43 heavy (non-hydrogen) atoms. The molecule has 0 aliphatic heterocycles. The van der Waals surface area contributed by atoms with Gasteiger partial charge in [0.2, 0.25) is 11.8 Å².